The van der Waals surface area contributed by atoms with E-state index in [2.05, 4.69) is 4.90 Å². The quantitative estimate of drug-likeness (QED) is 0.905. The Morgan fingerprint density at radius 3 is 2.65 bits per heavy atom. The van der Waals surface area contributed by atoms with Crippen molar-refractivity contribution in [3.63, 3.8) is 0 Å². The summed E-state index contributed by atoms with van der Waals surface area (Å²) < 4.78 is 10.6. The maximum atomic E-state index is 6.39. The van der Waals surface area contributed by atoms with Gasteiger partial charge in [-0.05, 0) is 37.1 Å². The number of hydrogen-bond donors (Lipinski definition) is 1. The maximum Gasteiger partial charge on any atom is 0.179 e. The van der Waals surface area contributed by atoms with Crippen molar-refractivity contribution in [3.8, 4) is 11.5 Å². The van der Waals surface area contributed by atoms with E-state index in [9.17, 15) is 0 Å². The number of hydrogen-bond acceptors (Lipinski definition) is 4. The van der Waals surface area contributed by atoms with Crippen molar-refractivity contribution >= 4 is 24.0 Å². The number of benzene rings is 1. The molecular weight excluding hydrogens is 299 g/mol. The van der Waals surface area contributed by atoms with Gasteiger partial charge in [-0.25, -0.2) is 0 Å². The van der Waals surface area contributed by atoms with Crippen LogP contribution in [0.25, 0.3) is 0 Å². The van der Waals surface area contributed by atoms with E-state index in [1.807, 2.05) is 12.1 Å². The van der Waals surface area contributed by atoms with Gasteiger partial charge in [0.1, 0.15) is 0 Å². The van der Waals surface area contributed by atoms with Crippen molar-refractivity contribution < 1.29 is 9.47 Å². The van der Waals surface area contributed by atoms with Crippen LogP contribution in [-0.4, -0.2) is 38.8 Å². The first kappa shape index (κ1) is 17.4. The number of halogens is 2. The Morgan fingerprint density at radius 2 is 2.10 bits per heavy atom. The molecule has 1 saturated heterocycles. The van der Waals surface area contributed by atoms with Crippen molar-refractivity contribution in [2.45, 2.75) is 13.0 Å². The van der Waals surface area contributed by atoms with Crippen LogP contribution in [0.15, 0.2) is 12.1 Å². The Labute approximate surface area is 131 Å². The predicted molar refractivity (Wildman–Crippen MR) is 84.2 cm³/mol. The lowest BCUT2D eigenvalue weighted by Crippen LogP contribution is -2.23. The van der Waals surface area contributed by atoms with Crippen LogP contribution in [0.2, 0.25) is 5.02 Å². The van der Waals surface area contributed by atoms with E-state index in [1.165, 1.54) is 6.42 Å². The van der Waals surface area contributed by atoms with Crippen molar-refractivity contribution in [2.75, 3.05) is 33.9 Å². The molecule has 1 aromatic carbocycles. The summed E-state index contributed by atoms with van der Waals surface area (Å²) >= 11 is 6.39. The molecular formula is C14H22Cl2N2O2. The minimum absolute atomic E-state index is 0. The zero-order valence-electron chi connectivity index (χ0n) is 11.9. The summed E-state index contributed by atoms with van der Waals surface area (Å²) in [7, 11) is 3.22. The lowest BCUT2D eigenvalue weighted by atomic mass is 10.1. The van der Waals surface area contributed by atoms with E-state index in [-0.39, 0.29) is 12.4 Å². The van der Waals surface area contributed by atoms with Crippen molar-refractivity contribution in [1.29, 1.82) is 0 Å². The summed E-state index contributed by atoms with van der Waals surface area (Å²) in [6, 6.07) is 3.90. The molecule has 2 N–H and O–H groups in total. The highest BCUT2D eigenvalue weighted by molar-refractivity contribution is 6.33. The fourth-order valence-corrected chi connectivity index (χ4v) is 2.83. The second kappa shape index (κ2) is 7.93. The van der Waals surface area contributed by atoms with E-state index >= 15 is 0 Å². The van der Waals surface area contributed by atoms with Crippen LogP contribution in [0.5, 0.6) is 11.5 Å². The molecule has 4 nitrogen and oxygen atoms in total. The van der Waals surface area contributed by atoms with E-state index < -0.39 is 0 Å². The van der Waals surface area contributed by atoms with Crippen molar-refractivity contribution in [3.05, 3.63) is 22.7 Å². The summed E-state index contributed by atoms with van der Waals surface area (Å²) in [4.78, 5) is 2.38. The Kier molecular flexibility index (Phi) is 6.89. The summed E-state index contributed by atoms with van der Waals surface area (Å²) in [5, 5.41) is 0.637. The van der Waals surface area contributed by atoms with Gasteiger partial charge >= 0.3 is 0 Å². The average molecular weight is 321 g/mol. The van der Waals surface area contributed by atoms with Crippen LogP contribution in [0.3, 0.4) is 0 Å². The third-order valence-electron chi connectivity index (χ3n) is 3.66. The highest BCUT2D eigenvalue weighted by Gasteiger charge is 2.23. The van der Waals surface area contributed by atoms with Gasteiger partial charge in [0.05, 0.1) is 19.2 Å². The molecule has 0 bridgehead atoms. The van der Waals surface area contributed by atoms with Gasteiger partial charge in [-0.1, -0.05) is 17.7 Å². The first-order valence-electron chi connectivity index (χ1n) is 6.51. The zero-order chi connectivity index (χ0) is 13.8. The Morgan fingerprint density at radius 1 is 1.35 bits per heavy atom. The molecule has 114 valence electrons. The summed E-state index contributed by atoms with van der Waals surface area (Å²) in [5.74, 6) is 1.88. The fraction of sp³-hybridized carbons (Fsp3) is 0.571. The maximum absolute atomic E-state index is 6.39. The molecule has 0 amide bonds. The van der Waals surface area contributed by atoms with Crippen molar-refractivity contribution in [1.82, 2.24) is 4.90 Å². The van der Waals surface area contributed by atoms with Gasteiger partial charge in [0.2, 0.25) is 0 Å². The van der Waals surface area contributed by atoms with Gasteiger partial charge in [-0.2, -0.15) is 0 Å². The minimum atomic E-state index is 0. The molecule has 0 radical (unpaired) electrons. The number of likely N-dealkylation sites (tertiary alicyclic amines) is 1. The van der Waals surface area contributed by atoms with Crippen LogP contribution in [0.4, 0.5) is 0 Å². The second-order valence-corrected chi connectivity index (χ2v) is 5.28. The number of nitrogens with two attached hydrogens (primary N) is 1. The third-order valence-corrected chi connectivity index (χ3v) is 4.08. The van der Waals surface area contributed by atoms with E-state index in [0.29, 0.717) is 22.4 Å². The van der Waals surface area contributed by atoms with E-state index in [1.54, 1.807) is 14.2 Å². The highest BCUT2D eigenvalue weighted by Crippen LogP contribution is 2.38. The van der Waals surface area contributed by atoms with Crippen LogP contribution in [-0.2, 0) is 6.54 Å². The Bertz CT molecular complexity index is 443. The van der Waals surface area contributed by atoms with Crippen LogP contribution in [0, 0.1) is 5.92 Å². The average Bonchev–Trinajstić information content (AvgIpc) is 2.88. The third kappa shape index (κ3) is 3.70. The molecule has 0 saturated carbocycles. The van der Waals surface area contributed by atoms with Crippen LogP contribution >= 0.6 is 24.0 Å². The van der Waals surface area contributed by atoms with E-state index in [4.69, 9.17) is 26.8 Å². The molecule has 0 aliphatic carbocycles. The Balaban J connectivity index is 0.00000200. The minimum Gasteiger partial charge on any atom is -0.493 e. The molecule has 1 aromatic rings. The zero-order valence-corrected chi connectivity index (χ0v) is 13.5. The molecule has 1 fully saturated rings. The number of nitrogens with zero attached hydrogens (tertiary/aromatic N) is 1. The molecule has 0 spiro atoms. The first-order valence-corrected chi connectivity index (χ1v) is 6.89. The van der Waals surface area contributed by atoms with Gasteiger partial charge in [0, 0.05) is 13.1 Å². The van der Waals surface area contributed by atoms with Gasteiger partial charge in [0.25, 0.3) is 0 Å². The summed E-state index contributed by atoms with van der Waals surface area (Å²) in [6.07, 6.45) is 1.17. The molecule has 20 heavy (non-hydrogen) atoms. The fourth-order valence-electron chi connectivity index (χ4n) is 2.54. The van der Waals surface area contributed by atoms with Gasteiger partial charge < -0.3 is 15.2 Å². The van der Waals surface area contributed by atoms with Crippen LogP contribution < -0.4 is 15.2 Å². The van der Waals surface area contributed by atoms with E-state index in [0.717, 1.165) is 31.7 Å². The number of rotatable bonds is 5. The van der Waals surface area contributed by atoms with Crippen LogP contribution in [0.1, 0.15) is 12.0 Å². The molecule has 1 unspecified atom stereocenters. The molecule has 1 atom stereocenters. The van der Waals surface area contributed by atoms with Gasteiger partial charge in [0.15, 0.2) is 11.5 Å². The number of methoxy groups -OCH3 is 2. The molecule has 1 aliphatic heterocycles. The predicted octanol–water partition coefficient (Wildman–Crippen LogP) is 2.56. The highest BCUT2D eigenvalue weighted by atomic mass is 35.5. The Hall–Kier alpha value is -0.680. The van der Waals surface area contributed by atoms with Gasteiger partial charge in [-0.3, -0.25) is 4.90 Å². The number of ether oxygens (including phenoxy) is 2. The largest absolute Gasteiger partial charge is 0.493 e. The summed E-state index contributed by atoms with van der Waals surface area (Å²) in [5.41, 5.74) is 6.78. The van der Waals surface area contributed by atoms with Crippen molar-refractivity contribution in [2.24, 2.45) is 11.7 Å². The molecule has 1 heterocycles. The first-order chi connectivity index (χ1) is 9.19. The second-order valence-electron chi connectivity index (χ2n) is 4.90. The lowest BCUT2D eigenvalue weighted by Gasteiger charge is -2.18. The monoisotopic (exact) mass is 320 g/mol. The lowest BCUT2D eigenvalue weighted by molar-refractivity contribution is 0.315. The molecule has 1 aliphatic rings. The smallest absolute Gasteiger partial charge is 0.179 e. The normalized spacial score (nSPS) is 18.7. The SMILES string of the molecule is COc1ccc(CN2CCC(CN)C2)c(Cl)c1OC.Cl. The van der Waals surface area contributed by atoms with Gasteiger partial charge in [-0.15, -0.1) is 12.4 Å². The molecule has 0 aromatic heterocycles. The molecule has 6 heteroatoms. The molecule has 2 rings (SSSR count). The standard InChI is InChI=1S/C14H21ClN2O2.ClH/c1-18-12-4-3-11(13(15)14(12)19-2)9-17-6-5-10(7-16)8-17;/h3-4,10H,5-9,16H2,1-2H3;1H. The summed E-state index contributed by atoms with van der Waals surface area (Å²) in [6.45, 7) is 3.71. The topological polar surface area (TPSA) is 47.7 Å².